The summed E-state index contributed by atoms with van der Waals surface area (Å²) in [6, 6.07) is 15.3. The van der Waals surface area contributed by atoms with Gasteiger partial charge in [-0.25, -0.2) is 4.98 Å². The van der Waals surface area contributed by atoms with Crippen molar-refractivity contribution in [3.05, 3.63) is 66.0 Å². The summed E-state index contributed by atoms with van der Waals surface area (Å²) >= 11 is 0. The van der Waals surface area contributed by atoms with Gasteiger partial charge in [-0.15, -0.1) is 10.2 Å². The number of rotatable bonds is 5. The smallest absolute Gasteiger partial charge is 0.228 e. The number of carbonyl (C=O) groups excluding carboxylic acids is 1. The molecule has 1 aliphatic rings. The monoisotopic (exact) mass is 429 g/mol. The Morgan fingerprint density at radius 2 is 1.88 bits per heavy atom. The highest BCUT2D eigenvalue weighted by Gasteiger charge is 2.23. The zero-order valence-electron chi connectivity index (χ0n) is 17.7. The molecule has 0 saturated carbocycles. The second kappa shape index (κ2) is 8.62. The maximum atomic E-state index is 12.8. The van der Waals surface area contributed by atoms with Crippen molar-refractivity contribution in [1.29, 1.82) is 0 Å². The van der Waals surface area contributed by atoms with Crippen LogP contribution in [0, 0.1) is 6.92 Å². The lowest BCUT2D eigenvalue weighted by Gasteiger charge is -2.35. The molecule has 1 N–H and O–H groups in total. The van der Waals surface area contributed by atoms with Gasteiger partial charge in [-0.2, -0.15) is 0 Å². The lowest BCUT2D eigenvalue weighted by Crippen LogP contribution is -2.49. The number of aromatic nitrogens is 4. The average molecular weight is 429 g/mol. The van der Waals surface area contributed by atoms with E-state index in [-0.39, 0.29) is 12.3 Å². The number of nitrogens with one attached hydrogen (secondary N) is 1. The molecular weight excluding hydrogens is 406 g/mol. The van der Waals surface area contributed by atoms with Crippen molar-refractivity contribution in [2.75, 3.05) is 36.4 Å². The number of fused-ring (bicyclic) bond motifs is 1. The molecule has 9 heteroatoms. The molecule has 0 aliphatic carbocycles. The number of hydrogen-bond donors (Lipinski definition) is 1. The summed E-state index contributed by atoms with van der Waals surface area (Å²) in [5.41, 5.74) is 2.51. The number of benzene rings is 1. The summed E-state index contributed by atoms with van der Waals surface area (Å²) in [5, 5.41) is 16.7. The number of aryl methyl sites for hydroxylation is 1. The molecule has 1 saturated heterocycles. The Balaban J connectivity index is 1.17. The molecule has 3 aromatic heterocycles. The van der Waals surface area contributed by atoms with E-state index < -0.39 is 0 Å². The number of carbonyl (C=O) groups is 1. The molecule has 1 amide bonds. The highest BCUT2D eigenvalue weighted by Crippen LogP contribution is 2.20. The van der Waals surface area contributed by atoms with Crippen molar-refractivity contribution in [3.8, 4) is 0 Å². The third kappa shape index (κ3) is 4.22. The lowest BCUT2D eigenvalue weighted by atomic mass is 10.1. The highest BCUT2D eigenvalue weighted by molar-refractivity contribution is 5.86. The maximum Gasteiger partial charge on any atom is 0.228 e. The third-order valence-corrected chi connectivity index (χ3v) is 5.55. The van der Waals surface area contributed by atoms with Gasteiger partial charge in [-0.3, -0.25) is 4.79 Å². The first kappa shape index (κ1) is 19.9. The van der Waals surface area contributed by atoms with Crippen LogP contribution in [-0.4, -0.2) is 57.3 Å². The van der Waals surface area contributed by atoms with E-state index in [1.807, 2.05) is 60.4 Å². The van der Waals surface area contributed by atoms with Gasteiger partial charge in [0.1, 0.15) is 11.5 Å². The first-order valence-corrected chi connectivity index (χ1v) is 10.6. The van der Waals surface area contributed by atoms with Gasteiger partial charge in [0.25, 0.3) is 0 Å². The molecule has 5 rings (SSSR count). The van der Waals surface area contributed by atoms with Gasteiger partial charge < -0.3 is 19.6 Å². The first-order chi connectivity index (χ1) is 15.7. The van der Waals surface area contributed by atoms with Gasteiger partial charge in [0.2, 0.25) is 5.91 Å². The Hall–Kier alpha value is -4.01. The maximum absolute atomic E-state index is 12.8. The number of nitrogens with zero attached hydrogens (tertiary/aromatic N) is 6. The average Bonchev–Trinajstić information content (AvgIpc) is 3.22. The summed E-state index contributed by atoms with van der Waals surface area (Å²) in [5.74, 6) is 2.22. The second-order valence-electron chi connectivity index (χ2n) is 7.79. The van der Waals surface area contributed by atoms with Crippen LogP contribution in [0.15, 0.2) is 59.3 Å². The Kier molecular flexibility index (Phi) is 5.37. The summed E-state index contributed by atoms with van der Waals surface area (Å²) in [6.07, 6.45) is 2.00. The van der Waals surface area contributed by atoms with Crippen molar-refractivity contribution >= 4 is 34.3 Å². The quantitative estimate of drug-likeness (QED) is 0.517. The van der Waals surface area contributed by atoms with Crippen LogP contribution in [0.5, 0.6) is 0 Å². The van der Waals surface area contributed by atoms with Gasteiger partial charge in [-0.1, -0.05) is 17.3 Å². The third-order valence-electron chi connectivity index (χ3n) is 5.55. The van der Waals surface area contributed by atoms with E-state index in [1.54, 1.807) is 6.20 Å². The van der Waals surface area contributed by atoms with E-state index >= 15 is 0 Å². The molecule has 1 aliphatic heterocycles. The number of anilines is 3. The van der Waals surface area contributed by atoms with Crippen molar-refractivity contribution in [2.45, 2.75) is 13.3 Å². The van der Waals surface area contributed by atoms with Crippen LogP contribution in [0.2, 0.25) is 0 Å². The Labute approximate surface area is 185 Å². The molecule has 1 aromatic carbocycles. The molecule has 32 heavy (non-hydrogen) atoms. The lowest BCUT2D eigenvalue weighted by molar-refractivity contribution is -0.130. The fourth-order valence-electron chi connectivity index (χ4n) is 3.80. The first-order valence-electron chi connectivity index (χ1n) is 10.6. The van der Waals surface area contributed by atoms with E-state index in [0.29, 0.717) is 43.3 Å². The summed E-state index contributed by atoms with van der Waals surface area (Å²) in [4.78, 5) is 21.1. The second-order valence-corrected chi connectivity index (χ2v) is 7.79. The topological polar surface area (TPSA) is 100 Å². The molecule has 0 atom stereocenters. The highest BCUT2D eigenvalue weighted by atomic mass is 16.5. The standard InChI is InChI=1S/C23H23N7O2/c1-16-8-9-24-21(14-16)25-20-6-7-22(27-26-20)29-10-12-30(13-11-29)23(31)15-18-17-4-2-3-5-19(17)32-28-18/h2-9,14H,10-13,15H2,1H3,(H,24,25,26). The van der Waals surface area contributed by atoms with E-state index in [9.17, 15) is 4.79 Å². The fraction of sp³-hybridized carbons (Fsp3) is 0.261. The summed E-state index contributed by atoms with van der Waals surface area (Å²) < 4.78 is 5.31. The molecule has 0 spiro atoms. The van der Waals surface area contributed by atoms with Crippen LogP contribution in [0.25, 0.3) is 11.0 Å². The minimum atomic E-state index is 0.0555. The van der Waals surface area contributed by atoms with Crippen LogP contribution in [-0.2, 0) is 11.2 Å². The number of para-hydroxylation sites is 1. The molecule has 4 aromatic rings. The minimum absolute atomic E-state index is 0.0555. The largest absolute Gasteiger partial charge is 0.356 e. The predicted molar refractivity (Wildman–Crippen MR) is 121 cm³/mol. The minimum Gasteiger partial charge on any atom is -0.356 e. The number of piperazine rings is 1. The van der Waals surface area contributed by atoms with E-state index in [0.717, 1.165) is 22.6 Å². The van der Waals surface area contributed by atoms with Crippen LogP contribution in [0.4, 0.5) is 17.5 Å². The van der Waals surface area contributed by atoms with Gasteiger partial charge in [0, 0.05) is 37.8 Å². The van der Waals surface area contributed by atoms with Crippen molar-refractivity contribution in [1.82, 2.24) is 25.2 Å². The van der Waals surface area contributed by atoms with Crippen LogP contribution >= 0.6 is 0 Å². The predicted octanol–water partition coefficient (Wildman–Crippen LogP) is 2.96. The van der Waals surface area contributed by atoms with Crippen LogP contribution < -0.4 is 10.2 Å². The molecule has 0 unspecified atom stereocenters. The molecule has 0 radical (unpaired) electrons. The summed E-state index contributed by atoms with van der Waals surface area (Å²) in [6.45, 7) is 4.67. The van der Waals surface area contributed by atoms with Gasteiger partial charge in [0.05, 0.1) is 6.42 Å². The number of amides is 1. The Morgan fingerprint density at radius 3 is 2.66 bits per heavy atom. The molecule has 0 bridgehead atoms. The molecule has 1 fully saturated rings. The van der Waals surface area contributed by atoms with E-state index in [2.05, 4.69) is 30.6 Å². The van der Waals surface area contributed by atoms with Gasteiger partial charge >= 0.3 is 0 Å². The zero-order chi connectivity index (χ0) is 21.9. The molecule has 4 heterocycles. The normalized spacial score (nSPS) is 14.0. The van der Waals surface area contributed by atoms with Crippen molar-refractivity contribution in [2.24, 2.45) is 0 Å². The van der Waals surface area contributed by atoms with Crippen molar-refractivity contribution in [3.63, 3.8) is 0 Å². The van der Waals surface area contributed by atoms with E-state index in [1.165, 1.54) is 0 Å². The summed E-state index contributed by atoms with van der Waals surface area (Å²) in [7, 11) is 0. The Morgan fingerprint density at radius 1 is 1.03 bits per heavy atom. The SMILES string of the molecule is Cc1ccnc(Nc2ccc(N3CCN(C(=O)Cc4noc5ccccc45)CC3)nn2)c1. The molecule has 9 nitrogen and oxygen atoms in total. The Bertz CT molecular complexity index is 1230. The molecule has 162 valence electrons. The number of pyridine rings is 1. The van der Waals surface area contributed by atoms with Gasteiger partial charge in [0.15, 0.2) is 17.2 Å². The fourth-order valence-corrected chi connectivity index (χ4v) is 3.80. The van der Waals surface area contributed by atoms with Crippen LogP contribution in [0.1, 0.15) is 11.3 Å². The van der Waals surface area contributed by atoms with Crippen molar-refractivity contribution < 1.29 is 9.32 Å². The number of hydrogen-bond acceptors (Lipinski definition) is 8. The zero-order valence-corrected chi connectivity index (χ0v) is 17.7. The van der Waals surface area contributed by atoms with Gasteiger partial charge in [-0.05, 0) is 48.9 Å². The molecular formula is C23H23N7O2. The van der Waals surface area contributed by atoms with Crippen LogP contribution in [0.3, 0.4) is 0 Å². The van der Waals surface area contributed by atoms with E-state index in [4.69, 9.17) is 4.52 Å².